The summed E-state index contributed by atoms with van der Waals surface area (Å²) in [5.74, 6) is 1.73. The Labute approximate surface area is 250 Å². The molecule has 0 spiro atoms. The van der Waals surface area contributed by atoms with Crippen molar-refractivity contribution in [1.82, 2.24) is 6.15 Å². The Kier molecular flexibility index (Phi) is 21.8. The summed E-state index contributed by atoms with van der Waals surface area (Å²) < 4.78 is 37.9. The first-order valence-electron chi connectivity index (χ1n) is 15.1. The van der Waals surface area contributed by atoms with Crippen LogP contribution in [-0.4, -0.2) is 17.5 Å². The van der Waals surface area contributed by atoms with E-state index in [1.165, 1.54) is 101 Å². The first-order chi connectivity index (χ1) is 19.2. The Balaban J connectivity index is 0.00000244. The molecule has 0 saturated carbocycles. The van der Waals surface area contributed by atoms with Crippen LogP contribution in [0.15, 0.2) is 49.6 Å². The van der Waals surface area contributed by atoms with Gasteiger partial charge in [0.25, 0.3) is 0 Å². The fourth-order valence-corrected chi connectivity index (χ4v) is 4.70. The van der Waals surface area contributed by atoms with E-state index in [1.807, 2.05) is 12.2 Å². The summed E-state index contributed by atoms with van der Waals surface area (Å²) in [6.45, 7) is 12.6. The van der Waals surface area contributed by atoms with Crippen molar-refractivity contribution < 1.29 is 22.3 Å². The summed E-state index contributed by atoms with van der Waals surface area (Å²) in [4.78, 5) is 0. The van der Waals surface area contributed by atoms with E-state index >= 15 is 0 Å². The third kappa shape index (κ3) is 19.3. The van der Waals surface area contributed by atoms with Gasteiger partial charge in [-0.3, -0.25) is 9.11 Å². The molecular formula is C34H55NO5S. The van der Waals surface area contributed by atoms with Gasteiger partial charge >= 0.3 is 10.4 Å². The van der Waals surface area contributed by atoms with Crippen molar-refractivity contribution in [3.05, 3.63) is 71.8 Å². The van der Waals surface area contributed by atoms with Crippen molar-refractivity contribution in [3.63, 3.8) is 0 Å². The average molecular weight is 590 g/mol. The highest BCUT2D eigenvalue weighted by molar-refractivity contribution is 7.79. The van der Waals surface area contributed by atoms with E-state index in [4.69, 9.17) is 22.3 Å². The Bertz CT molecular complexity index is 1020. The highest BCUT2D eigenvalue weighted by Crippen LogP contribution is 2.31. The molecule has 0 amide bonds. The molecule has 0 aliphatic carbocycles. The highest BCUT2D eigenvalue weighted by atomic mass is 32.3. The Morgan fingerprint density at radius 1 is 0.634 bits per heavy atom. The van der Waals surface area contributed by atoms with Crippen LogP contribution in [0.2, 0.25) is 0 Å². The Morgan fingerprint density at radius 3 is 1.27 bits per heavy atom. The second kappa shape index (κ2) is 23.1. The molecule has 0 bridgehead atoms. The lowest BCUT2D eigenvalue weighted by molar-refractivity contribution is 0.381. The zero-order valence-electron chi connectivity index (χ0n) is 25.6. The van der Waals surface area contributed by atoms with E-state index in [0.29, 0.717) is 0 Å². The predicted molar refractivity (Wildman–Crippen MR) is 176 cm³/mol. The van der Waals surface area contributed by atoms with Gasteiger partial charge in [-0.2, -0.15) is 8.42 Å². The van der Waals surface area contributed by atoms with Gasteiger partial charge in [-0.15, -0.1) is 0 Å². The second-order valence-electron chi connectivity index (χ2n) is 10.4. The lowest BCUT2D eigenvalue weighted by Gasteiger charge is -2.14. The third-order valence-electron chi connectivity index (χ3n) is 6.95. The molecule has 0 atom stereocenters. The van der Waals surface area contributed by atoms with E-state index in [0.717, 1.165) is 35.5 Å². The highest BCUT2D eigenvalue weighted by Gasteiger charge is 2.08. The minimum atomic E-state index is -4.67. The van der Waals surface area contributed by atoms with Gasteiger partial charge in [0.15, 0.2) is 0 Å². The number of aryl methyl sites for hydroxylation is 2. The van der Waals surface area contributed by atoms with Crippen molar-refractivity contribution >= 4 is 22.6 Å². The standard InChI is InChI=1S/C34H50O.H3N.H2O4S/c1-5-9-11-13-15-17-19-21-29-23-25-33(31(7-3)27-29)35-34-26-24-30(28-32(34)8-4)22-20-18-16-14-12-10-6-2;;1-5(2,3)4/h7-8,23-28H,3-6,9-22H2,1-2H3;1H3;(H2,1,2,3,4). The van der Waals surface area contributed by atoms with Gasteiger partial charge in [0.2, 0.25) is 0 Å². The van der Waals surface area contributed by atoms with Crippen molar-refractivity contribution in [1.29, 1.82) is 0 Å². The molecule has 0 aromatic heterocycles. The summed E-state index contributed by atoms with van der Waals surface area (Å²) in [5.41, 5.74) is 4.87. The fourth-order valence-electron chi connectivity index (χ4n) is 4.70. The van der Waals surface area contributed by atoms with Gasteiger partial charge in [0, 0.05) is 11.1 Å². The maximum Gasteiger partial charge on any atom is 0.394 e. The van der Waals surface area contributed by atoms with Crippen LogP contribution in [0.1, 0.15) is 126 Å². The maximum absolute atomic E-state index is 8.74. The van der Waals surface area contributed by atoms with E-state index in [2.05, 4.69) is 63.4 Å². The van der Waals surface area contributed by atoms with Crippen LogP contribution in [0.25, 0.3) is 12.2 Å². The zero-order chi connectivity index (χ0) is 29.6. The number of unbranched alkanes of at least 4 members (excludes halogenated alkanes) is 12. The lowest BCUT2D eigenvalue weighted by atomic mass is 10.0. The van der Waals surface area contributed by atoms with Crippen molar-refractivity contribution in [2.75, 3.05) is 0 Å². The van der Waals surface area contributed by atoms with Crippen LogP contribution in [0, 0.1) is 0 Å². The van der Waals surface area contributed by atoms with Crippen molar-refractivity contribution in [2.45, 2.75) is 117 Å². The van der Waals surface area contributed by atoms with Crippen LogP contribution < -0.4 is 10.9 Å². The summed E-state index contributed by atoms with van der Waals surface area (Å²) >= 11 is 0. The molecule has 0 radical (unpaired) electrons. The summed E-state index contributed by atoms with van der Waals surface area (Å²) in [6.07, 6.45) is 24.8. The number of rotatable bonds is 20. The molecule has 5 N–H and O–H groups in total. The number of hydrogen-bond acceptors (Lipinski definition) is 4. The van der Waals surface area contributed by atoms with Gasteiger partial charge in [-0.25, -0.2) is 0 Å². The van der Waals surface area contributed by atoms with Gasteiger partial charge < -0.3 is 10.9 Å². The van der Waals surface area contributed by atoms with Crippen LogP contribution in [0.4, 0.5) is 0 Å². The molecule has 0 aliphatic rings. The Morgan fingerprint density at radius 2 is 0.951 bits per heavy atom. The van der Waals surface area contributed by atoms with Gasteiger partial charge in [0.1, 0.15) is 11.5 Å². The molecule has 2 aromatic rings. The van der Waals surface area contributed by atoms with Crippen LogP contribution in [0.5, 0.6) is 11.5 Å². The van der Waals surface area contributed by atoms with E-state index in [-0.39, 0.29) is 6.15 Å². The molecule has 0 fully saturated rings. The first kappa shape index (κ1) is 38.5. The van der Waals surface area contributed by atoms with E-state index in [1.54, 1.807) is 0 Å². The van der Waals surface area contributed by atoms with Crippen LogP contribution >= 0.6 is 0 Å². The number of hydrogen-bond donors (Lipinski definition) is 3. The molecule has 2 aromatic carbocycles. The van der Waals surface area contributed by atoms with Gasteiger partial charge in [-0.1, -0.05) is 128 Å². The topological polar surface area (TPSA) is 119 Å². The molecule has 7 heteroatoms. The summed E-state index contributed by atoms with van der Waals surface area (Å²) in [5, 5.41) is 0. The summed E-state index contributed by atoms with van der Waals surface area (Å²) in [6, 6.07) is 13.1. The SMILES string of the molecule is C=Cc1cc(CCCCCCCCC)ccc1Oc1ccc(CCCCCCCCC)cc1C=C.N.O=S(=O)(O)O. The summed E-state index contributed by atoms with van der Waals surface area (Å²) in [7, 11) is -4.67. The van der Waals surface area contributed by atoms with Crippen LogP contribution in [-0.2, 0) is 23.2 Å². The van der Waals surface area contributed by atoms with E-state index < -0.39 is 10.4 Å². The molecule has 2 rings (SSSR count). The Hall–Kier alpha value is -2.45. The minimum Gasteiger partial charge on any atom is -0.456 e. The lowest BCUT2D eigenvalue weighted by Crippen LogP contribution is -1.94. The molecular weight excluding hydrogens is 534 g/mol. The molecule has 0 heterocycles. The molecule has 0 aliphatic heterocycles. The second-order valence-corrected chi connectivity index (χ2v) is 11.3. The molecule has 0 unspecified atom stereocenters. The maximum atomic E-state index is 8.74. The smallest absolute Gasteiger partial charge is 0.394 e. The van der Waals surface area contributed by atoms with Gasteiger partial charge in [-0.05, 0) is 61.1 Å². The third-order valence-corrected chi connectivity index (χ3v) is 6.95. The minimum absolute atomic E-state index is 0. The number of ether oxygens (including phenoxy) is 1. The average Bonchev–Trinajstić information content (AvgIpc) is 2.92. The first-order valence-corrected chi connectivity index (χ1v) is 16.5. The predicted octanol–water partition coefficient (Wildman–Crippen LogP) is 10.9. The van der Waals surface area contributed by atoms with E-state index in [9.17, 15) is 0 Å². The van der Waals surface area contributed by atoms with Crippen molar-refractivity contribution in [2.24, 2.45) is 0 Å². The zero-order valence-corrected chi connectivity index (χ0v) is 26.4. The number of benzene rings is 2. The molecule has 232 valence electrons. The largest absolute Gasteiger partial charge is 0.456 e. The van der Waals surface area contributed by atoms with Gasteiger partial charge in [0.05, 0.1) is 0 Å². The molecule has 0 saturated heterocycles. The van der Waals surface area contributed by atoms with Crippen molar-refractivity contribution in [3.8, 4) is 11.5 Å². The normalized spacial score (nSPS) is 10.7. The fraction of sp³-hybridized carbons (Fsp3) is 0.529. The van der Waals surface area contributed by atoms with Crippen LogP contribution in [0.3, 0.4) is 0 Å². The monoisotopic (exact) mass is 589 g/mol. The molecule has 6 nitrogen and oxygen atoms in total. The molecule has 41 heavy (non-hydrogen) atoms. The quantitative estimate of drug-likeness (QED) is 0.104.